The van der Waals surface area contributed by atoms with Crippen molar-refractivity contribution in [3.63, 3.8) is 0 Å². The molecule has 0 atom stereocenters. The van der Waals surface area contributed by atoms with E-state index in [1.54, 1.807) is 0 Å². The second kappa shape index (κ2) is 10.9. The van der Waals surface area contributed by atoms with E-state index >= 15 is 0 Å². The second-order valence-electron chi connectivity index (χ2n) is 10.7. The Bertz CT molecular complexity index is 2290. The average molecular weight is 582 g/mol. The minimum Gasteiger partial charge on any atom is -0.278 e. The quantitative estimate of drug-likeness (QED) is 0.196. The lowest BCUT2D eigenvalue weighted by Gasteiger charge is -2.12. The Labute approximate surface area is 259 Å². The fraction of sp³-hybridized carbons (Fsp3) is 0. The first kappa shape index (κ1) is 26.1. The number of benzene rings is 5. The first-order valence-corrected chi connectivity index (χ1v) is 15.4. The van der Waals surface area contributed by atoms with Gasteiger partial charge in [-0.1, -0.05) is 122 Å². The second-order valence-corrected chi connectivity index (χ2v) is 11.8. The van der Waals surface area contributed by atoms with Crippen LogP contribution in [0, 0.1) is 0 Å². The molecule has 0 aliphatic carbocycles. The highest BCUT2D eigenvalue weighted by molar-refractivity contribution is 7.25. The lowest BCUT2D eigenvalue weighted by Crippen LogP contribution is -2.05. The lowest BCUT2D eigenvalue weighted by molar-refractivity contribution is 0.958. The maximum Gasteiger partial charge on any atom is 0.235 e. The Morgan fingerprint density at radius 2 is 1.18 bits per heavy atom. The first-order chi connectivity index (χ1) is 21.8. The van der Waals surface area contributed by atoms with Gasteiger partial charge in [0.25, 0.3) is 0 Å². The van der Waals surface area contributed by atoms with E-state index in [9.17, 15) is 0 Å². The summed E-state index contributed by atoms with van der Waals surface area (Å²) in [4.78, 5) is 10.3. The summed E-state index contributed by atoms with van der Waals surface area (Å²) in [5, 5.41) is 3.71. The van der Waals surface area contributed by atoms with Crippen molar-refractivity contribution in [3.8, 4) is 28.5 Å². The molecule has 0 spiro atoms. The maximum absolute atomic E-state index is 5.13. The molecule has 0 saturated heterocycles. The van der Waals surface area contributed by atoms with Crippen molar-refractivity contribution in [1.82, 2.24) is 14.5 Å². The normalized spacial score (nSPS) is 11.6. The maximum atomic E-state index is 5.13. The summed E-state index contributed by atoms with van der Waals surface area (Å²) < 4.78 is 4.75. The molecule has 0 fully saturated rings. The van der Waals surface area contributed by atoms with Crippen molar-refractivity contribution in [3.05, 3.63) is 157 Å². The van der Waals surface area contributed by atoms with Crippen LogP contribution in [0.5, 0.6) is 0 Å². The van der Waals surface area contributed by atoms with E-state index in [0.717, 1.165) is 50.2 Å². The van der Waals surface area contributed by atoms with Crippen LogP contribution in [-0.4, -0.2) is 14.5 Å². The molecule has 3 nitrogen and oxygen atoms in total. The Morgan fingerprint density at radius 3 is 1.89 bits per heavy atom. The number of fused-ring (bicyclic) bond motifs is 4. The molecule has 0 bridgehead atoms. The van der Waals surface area contributed by atoms with Crippen molar-refractivity contribution in [1.29, 1.82) is 0 Å². The number of hydrogen-bond acceptors (Lipinski definition) is 3. The van der Waals surface area contributed by atoms with Crippen molar-refractivity contribution in [2.24, 2.45) is 0 Å². The summed E-state index contributed by atoms with van der Waals surface area (Å²) in [5.74, 6) is 0.613. The van der Waals surface area contributed by atoms with Crippen LogP contribution in [0.25, 0.3) is 77.8 Å². The summed E-state index contributed by atoms with van der Waals surface area (Å²) >= 11 is 1.84. The van der Waals surface area contributed by atoms with Gasteiger partial charge in [-0.05, 0) is 42.0 Å². The van der Waals surface area contributed by atoms with Crippen LogP contribution in [0.15, 0.2) is 140 Å². The number of nitrogens with zero attached hydrogens (tertiary/aromatic N) is 3. The van der Waals surface area contributed by atoms with Crippen molar-refractivity contribution >= 4 is 60.6 Å². The fourth-order valence-electron chi connectivity index (χ4n) is 5.95. The summed E-state index contributed by atoms with van der Waals surface area (Å²) in [5.41, 5.74) is 8.05. The standard InChI is InChI=1S/C40H27N3S/c1-2-36-31(23-21-27-22-24-39-33(25-27)32-18-10-12-20-38(32)44-39)30-17-9-11-19-37(30)43(36)40-41-34(28-13-5-3-6-14-28)26-35(42-40)29-15-7-4-8-16-29/h2-26H,1H2. The number of thiophene rings is 1. The molecule has 3 heterocycles. The zero-order chi connectivity index (χ0) is 29.5. The molecule has 3 aromatic heterocycles. The van der Waals surface area contributed by atoms with Gasteiger partial charge in [-0.3, -0.25) is 4.57 Å². The van der Waals surface area contributed by atoms with Gasteiger partial charge in [0.15, 0.2) is 0 Å². The van der Waals surface area contributed by atoms with E-state index in [4.69, 9.17) is 9.97 Å². The molecule has 0 saturated carbocycles. The van der Waals surface area contributed by atoms with Gasteiger partial charge in [-0.15, -0.1) is 11.3 Å². The predicted molar refractivity (Wildman–Crippen MR) is 188 cm³/mol. The summed E-state index contributed by atoms with van der Waals surface area (Å²) in [6.07, 6.45) is 6.31. The van der Waals surface area contributed by atoms with Crippen LogP contribution in [-0.2, 0) is 0 Å². The molecule has 8 aromatic rings. The lowest BCUT2D eigenvalue weighted by atomic mass is 10.1. The van der Waals surface area contributed by atoms with Crippen LogP contribution in [0.2, 0.25) is 0 Å². The average Bonchev–Trinajstić information content (AvgIpc) is 3.63. The van der Waals surface area contributed by atoms with Gasteiger partial charge in [-0.2, -0.15) is 0 Å². The summed E-state index contributed by atoms with van der Waals surface area (Å²) in [6, 6.07) is 46.4. The molecule has 0 aliphatic rings. The fourth-order valence-corrected chi connectivity index (χ4v) is 7.04. The molecule has 5 aromatic carbocycles. The van der Waals surface area contributed by atoms with Crippen LogP contribution >= 0.6 is 11.3 Å². The van der Waals surface area contributed by atoms with E-state index in [0.29, 0.717) is 5.95 Å². The largest absolute Gasteiger partial charge is 0.278 e. The molecule has 0 unspecified atom stereocenters. The SMILES string of the molecule is C=Cc1c(C=Cc2ccc3sc4ccccc4c3c2)c2ccccc2n1-c1nc(-c2ccccc2)cc(-c2ccccc2)n1. The monoisotopic (exact) mass is 581 g/mol. The van der Waals surface area contributed by atoms with E-state index < -0.39 is 0 Å². The van der Waals surface area contributed by atoms with E-state index in [2.05, 4.69) is 120 Å². The van der Waals surface area contributed by atoms with E-state index in [-0.39, 0.29) is 0 Å². The molecule has 44 heavy (non-hydrogen) atoms. The highest BCUT2D eigenvalue weighted by atomic mass is 32.1. The summed E-state index contributed by atoms with van der Waals surface area (Å²) in [7, 11) is 0. The van der Waals surface area contributed by atoms with Crippen molar-refractivity contribution < 1.29 is 0 Å². The first-order valence-electron chi connectivity index (χ1n) is 14.6. The van der Waals surface area contributed by atoms with Gasteiger partial charge in [0.2, 0.25) is 5.95 Å². The number of aromatic nitrogens is 3. The summed E-state index contributed by atoms with van der Waals surface area (Å²) in [6.45, 7) is 4.25. The molecule has 0 amide bonds. The minimum atomic E-state index is 0.613. The molecule has 0 radical (unpaired) electrons. The molecular formula is C40H27N3S. The van der Waals surface area contributed by atoms with E-state index in [1.807, 2.05) is 53.8 Å². The van der Waals surface area contributed by atoms with Gasteiger partial charge in [-0.25, -0.2) is 9.97 Å². The predicted octanol–water partition coefficient (Wildman–Crippen LogP) is 10.9. The third-order valence-corrected chi connectivity index (χ3v) is 9.19. The Kier molecular flexibility index (Phi) is 6.47. The van der Waals surface area contributed by atoms with Crippen LogP contribution < -0.4 is 0 Å². The Morgan fingerprint density at radius 1 is 0.568 bits per heavy atom. The molecule has 208 valence electrons. The van der Waals surface area contributed by atoms with Gasteiger partial charge >= 0.3 is 0 Å². The van der Waals surface area contributed by atoms with Gasteiger partial charge in [0.1, 0.15) is 0 Å². The zero-order valence-corrected chi connectivity index (χ0v) is 24.7. The van der Waals surface area contributed by atoms with Crippen molar-refractivity contribution in [2.75, 3.05) is 0 Å². The number of para-hydroxylation sites is 1. The van der Waals surface area contributed by atoms with Crippen molar-refractivity contribution in [2.45, 2.75) is 0 Å². The van der Waals surface area contributed by atoms with Crippen LogP contribution in [0.3, 0.4) is 0 Å². The highest BCUT2D eigenvalue weighted by Gasteiger charge is 2.18. The highest BCUT2D eigenvalue weighted by Crippen LogP contribution is 2.36. The smallest absolute Gasteiger partial charge is 0.235 e. The van der Waals surface area contributed by atoms with Crippen LogP contribution in [0.4, 0.5) is 0 Å². The zero-order valence-electron chi connectivity index (χ0n) is 23.9. The minimum absolute atomic E-state index is 0.613. The topological polar surface area (TPSA) is 30.7 Å². The van der Waals surface area contributed by atoms with Gasteiger partial charge in [0.05, 0.1) is 22.6 Å². The third-order valence-electron chi connectivity index (χ3n) is 8.04. The third kappa shape index (κ3) is 4.53. The van der Waals surface area contributed by atoms with Gasteiger partial charge in [0, 0.05) is 42.2 Å². The number of hydrogen-bond donors (Lipinski definition) is 0. The van der Waals surface area contributed by atoms with Gasteiger partial charge < -0.3 is 0 Å². The molecule has 0 aliphatic heterocycles. The Hall–Kier alpha value is -5.58. The van der Waals surface area contributed by atoms with Crippen LogP contribution in [0.1, 0.15) is 16.8 Å². The molecular weight excluding hydrogens is 555 g/mol. The van der Waals surface area contributed by atoms with E-state index in [1.165, 1.54) is 20.2 Å². The molecule has 4 heteroatoms. The molecule has 0 N–H and O–H groups in total. The Balaban J connectivity index is 1.31. The molecule has 8 rings (SSSR count). The number of rotatable bonds is 6.